The number of hydrogen-bond acceptors (Lipinski definition) is 3. The number of sulfonamides is 1. The molecule has 0 radical (unpaired) electrons. The van der Waals surface area contributed by atoms with Crippen molar-refractivity contribution < 1.29 is 13.2 Å². The lowest BCUT2D eigenvalue weighted by Gasteiger charge is -2.12. The zero-order chi connectivity index (χ0) is 14.5. The van der Waals surface area contributed by atoms with E-state index in [0.717, 1.165) is 6.42 Å². The van der Waals surface area contributed by atoms with Crippen molar-refractivity contribution in [2.75, 3.05) is 13.2 Å². The molecule has 1 aromatic rings. The molecule has 0 aliphatic rings. The maximum absolute atomic E-state index is 12.2. The molecular formula is C13H20ClNO3S. The summed E-state index contributed by atoms with van der Waals surface area (Å²) < 4.78 is 32.3. The fourth-order valence-electron chi connectivity index (χ4n) is 1.53. The van der Waals surface area contributed by atoms with E-state index in [-0.39, 0.29) is 4.90 Å². The summed E-state index contributed by atoms with van der Waals surface area (Å²) in [5.41, 5.74) is 0. The number of hydrogen-bond donors (Lipinski definition) is 1. The van der Waals surface area contributed by atoms with Gasteiger partial charge in [0.1, 0.15) is 10.6 Å². The number of benzene rings is 1. The largest absolute Gasteiger partial charge is 0.492 e. The van der Waals surface area contributed by atoms with E-state index in [1.807, 2.05) is 13.8 Å². The summed E-state index contributed by atoms with van der Waals surface area (Å²) in [6.45, 7) is 6.68. The molecule has 6 heteroatoms. The SMILES string of the molecule is CCOc1ccc(Cl)cc1S(=O)(=O)NCCC(C)C. The second kappa shape index (κ2) is 7.12. The maximum atomic E-state index is 12.2. The third kappa shape index (κ3) is 5.01. The van der Waals surface area contributed by atoms with Gasteiger partial charge < -0.3 is 4.74 Å². The molecule has 1 rings (SSSR count). The van der Waals surface area contributed by atoms with E-state index in [2.05, 4.69) is 4.72 Å². The second-order valence-corrected chi connectivity index (χ2v) is 6.78. The molecule has 0 saturated carbocycles. The van der Waals surface area contributed by atoms with Crippen LogP contribution in [-0.2, 0) is 10.0 Å². The maximum Gasteiger partial charge on any atom is 0.244 e. The number of ether oxygens (including phenoxy) is 1. The Bertz CT molecular complexity index is 515. The lowest BCUT2D eigenvalue weighted by molar-refractivity contribution is 0.331. The molecule has 4 nitrogen and oxygen atoms in total. The molecule has 0 saturated heterocycles. The van der Waals surface area contributed by atoms with E-state index in [1.54, 1.807) is 19.1 Å². The first-order valence-corrected chi connectivity index (χ1v) is 8.15. The molecule has 0 aliphatic carbocycles. The van der Waals surface area contributed by atoms with E-state index in [0.29, 0.717) is 29.8 Å². The van der Waals surface area contributed by atoms with E-state index >= 15 is 0 Å². The molecule has 0 atom stereocenters. The Morgan fingerprint density at radius 2 is 2.05 bits per heavy atom. The summed E-state index contributed by atoms with van der Waals surface area (Å²) in [6, 6.07) is 4.59. The van der Waals surface area contributed by atoms with Gasteiger partial charge in [-0.3, -0.25) is 0 Å². The minimum absolute atomic E-state index is 0.0885. The molecule has 0 aliphatic heterocycles. The van der Waals surface area contributed by atoms with Gasteiger partial charge in [0.25, 0.3) is 0 Å². The van der Waals surface area contributed by atoms with Gasteiger partial charge in [-0.2, -0.15) is 0 Å². The van der Waals surface area contributed by atoms with Gasteiger partial charge >= 0.3 is 0 Å². The number of rotatable bonds is 7. The fraction of sp³-hybridized carbons (Fsp3) is 0.538. The predicted molar refractivity (Wildman–Crippen MR) is 77.3 cm³/mol. The van der Waals surface area contributed by atoms with Crippen LogP contribution in [0.15, 0.2) is 23.1 Å². The molecular weight excluding hydrogens is 286 g/mol. The summed E-state index contributed by atoms with van der Waals surface area (Å²) in [7, 11) is -3.59. The van der Waals surface area contributed by atoms with Crippen molar-refractivity contribution in [1.82, 2.24) is 4.72 Å². The van der Waals surface area contributed by atoms with Crippen molar-refractivity contribution in [3.8, 4) is 5.75 Å². The minimum Gasteiger partial charge on any atom is -0.492 e. The summed E-state index contributed by atoms with van der Waals surface area (Å²) >= 11 is 5.86. The highest BCUT2D eigenvalue weighted by Crippen LogP contribution is 2.27. The minimum atomic E-state index is -3.59. The monoisotopic (exact) mass is 305 g/mol. The van der Waals surface area contributed by atoms with Gasteiger partial charge in [0.15, 0.2) is 0 Å². The van der Waals surface area contributed by atoms with E-state index in [1.165, 1.54) is 6.07 Å². The highest BCUT2D eigenvalue weighted by molar-refractivity contribution is 7.89. The lowest BCUT2D eigenvalue weighted by Crippen LogP contribution is -2.26. The van der Waals surface area contributed by atoms with Crippen LogP contribution >= 0.6 is 11.6 Å². The van der Waals surface area contributed by atoms with Crippen molar-refractivity contribution >= 4 is 21.6 Å². The van der Waals surface area contributed by atoms with Crippen LogP contribution in [0, 0.1) is 5.92 Å². The van der Waals surface area contributed by atoms with Crippen LogP contribution in [0.25, 0.3) is 0 Å². The Morgan fingerprint density at radius 3 is 2.63 bits per heavy atom. The van der Waals surface area contributed by atoms with Crippen molar-refractivity contribution in [2.24, 2.45) is 5.92 Å². The first kappa shape index (κ1) is 16.3. The van der Waals surface area contributed by atoms with Crippen LogP contribution in [0.2, 0.25) is 5.02 Å². The van der Waals surface area contributed by atoms with Crippen LogP contribution in [0.1, 0.15) is 27.2 Å². The zero-order valence-corrected chi connectivity index (χ0v) is 13.0. The summed E-state index contributed by atoms with van der Waals surface area (Å²) in [4.78, 5) is 0.0885. The van der Waals surface area contributed by atoms with Gasteiger partial charge in [0.05, 0.1) is 6.61 Å². The molecule has 108 valence electrons. The van der Waals surface area contributed by atoms with Gasteiger partial charge in [0.2, 0.25) is 10.0 Å². The van der Waals surface area contributed by atoms with Gasteiger partial charge in [-0.25, -0.2) is 13.1 Å². The molecule has 0 amide bonds. The van der Waals surface area contributed by atoms with Crippen molar-refractivity contribution in [2.45, 2.75) is 32.1 Å². The molecule has 0 spiro atoms. The molecule has 1 N–H and O–H groups in total. The van der Waals surface area contributed by atoms with E-state index < -0.39 is 10.0 Å². The van der Waals surface area contributed by atoms with Gasteiger partial charge in [-0.1, -0.05) is 25.4 Å². The topological polar surface area (TPSA) is 55.4 Å². The summed E-state index contributed by atoms with van der Waals surface area (Å²) in [6.07, 6.45) is 0.782. The molecule has 0 unspecified atom stereocenters. The van der Waals surface area contributed by atoms with Crippen LogP contribution in [0.5, 0.6) is 5.75 Å². The Balaban J connectivity index is 2.95. The third-order valence-electron chi connectivity index (χ3n) is 2.51. The van der Waals surface area contributed by atoms with Crippen molar-refractivity contribution in [1.29, 1.82) is 0 Å². The number of nitrogens with one attached hydrogen (secondary N) is 1. The summed E-state index contributed by atoms with van der Waals surface area (Å²) in [5.74, 6) is 0.761. The Hall–Kier alpha value is -0.780. The Kier molecular flexibility index (Phi) is 6.10. The average molecular weight is 306 g/mol. The first-order valence-electron chi connectivity index (χ1n) is 6.29. The predicted octanol–water partition coefficient (Wildman–Crippen LogP) is 3.06. The fourth-order valence-corrected chi connectivity index (χ4v) is 2.98. The average Bonchev–Trinajstić information content (AvgIpc) is 2.31. The van der Waals surface area contributed by atoms with Crippen LogP contribution in [0.4, 0.5) is 0 Å². The van der Waals surface area contributed by atoms with E-state index in [9.17, 15) is 8.42 Å². The van der Waals surface area contributed by atoms with Gasteiger partial charge in [-0.15, -0.1) is 0 Å². The van der Waals surface area contributed by atoms with Crippen molar-refractivity contribution in [3.05, 3.63) is 23.2 Å². The smallest absolute Gasteiger partial charge is 0.244 e. The molecule has 0 fully saturated rings. The van der Waals surface area contributed by atoms with E-state index in [4.69, 9.17) is 16.3 Å². The standard InChI is InChI=1S/C13H20ClNO3S/c1-4-18-12-6-5-11(14)9-13(12)19(16,17)15-8-7-10(2)3/h5-6,9-10,15H,4,7-8H2,1-3H3. The van der Waals surface area contributed by atoms with Gasteiger partial charge in [0, 0.05) is 11.6 Å². The third-order valence-corrected chi connectivity index (χ3v) is 4.23. The molecule has 0 aromatic heterocycles. The molecule has 1 aromatic carbocycles. The lowest BCUT2D eigenvalue weighted by atomic mass is 10.1. The van der Waals surface area contributed by atoms with Gasteiger partial charge in [-0.05, 0) is 37.5 Å². The highest BCUT2D eigenvalue weighted by Gasteiger charge is 2.19. The summed E-state index contributed by atoms with van der Waals surface area (Å²) in [5, 5.41) is 0.368. The molecule has 0 bridgehead atoms. The van der Waals surface area contributed by atoms with Crippen LogP contribution in [0.3, 0.4) is 0 Å². The first-order chi connectivity index (χ1) is 8.86. The normalized spacial score (nSPS) is 11.8. The number of halogens is 1. The molecule has 0 heterocycles. The van der Waals surface area contributed by atoms with Crippen LogP contribution < -0.4 is 9.46 Å². The second-order valence-electron chi connectivity index (χ2n) is 4.60. The molecule has 19 heavy (non-hydrogen) atoms. The Labute approximate surface area is 120 Å². The van der Waals surface area contributed by atoms with Crippen LogP contribution in [-0.4, -0.2) is 21.6 Å². The highest BCUT2D eigenvalue weighted by atomic mass is 35.5. The Morgan fingerprint density at radius 1 is 1.37 bits per heavy atom. The quantitative estimate of drug-likeness (QED) is 0.842. The van der Waals surface area contributed by atoms with Crippen molar-refractivity contribution in [3.63, 3.8) is 0 Å². The zero-order valence-electron chi connectivity index (χ0n) is 11.4.